The van der Waals surface area contributed by atoms with Crippen molar-refractivity contribution >= 4 is 5.84 Å². The molecule has 0 spiro atoms. The van der Waals surface area contributed by atoms with Crippen molar-refractivity contribution in [1.29, 1.82) is 0 Å². The molecule has 0 aliphatic carbocycles. The summed E-state index contributed by atoms with van der Waals surface area (Å²) in [5, 5.41) is 2.53. The molecule has 0 aromatic rings. The second kappa shape index (κ2) is 7.21. The fraction of sp³-hybridized carbons (Fsp3) is 0.615. The Morgan fingerprint density at radius 1 is 1.32 bits per heavy atom. The molecule has 3 N–H and O–H groups in total. The fourth-order valence-electron chi connectivity index (χ4n) is 1.33. The van der Waals surface area contributed by atoms with Gasteiger partial charge in [-0.25, -0.2) is 0 Å². The van der Waals surface area contributed by atoms with Crippen molar-refractivity contribution in [2.75, 3.05) is 0 Å². The maximum atomic E-state index is 12.9. The van der Waals surface area contributed by atoms with Gasteiger partial charge < -0.3 is 11.1 Å². The van der Waals surface area contributed by atoms with E-state index in [4.69, 9.17) is 5.73 Å². The summed E-state index contributed by atoms with van der Waals surface area (Å²) in [6, 6.07) is 0.0144. The third kappa shape index (κ3) is 6.31. The van der Waals surface area contributed by atoms with Gasteiger partial charge in [0.1, 0.15) is 0 Å². The van der Waals surface area contributed by atoms with Gasteiger partial charge >= 0.3 is 6.18 Å². The van der Waals surface area contributed by atoms with Gasteiger partial charge in [0.25, 0.3) is 0 Å². The third-order valence-corrected chi connectivity index (χ3v) is 2.46. The summed E-state index contributed by atoms with van der Waals surface area (Å²) in [5.41, 5.74) is 4.95. The van der Waals surface area contributed by atoms with E-state index in [0.29, 0.717) is 17.8 Å². The fourth-order valence-corrected chi connectivity index (χ4v) is 1.33. The van der Waals surface area contributed by atoms with Crippen molar-refractivity contribution in [2.24, 2.45) is 10.7 Å². The molecule has 0 bridgehead atoms. The van der Waals surface area contributed by atoms with Crippen molar-refractivity contribution in [1.82, 2.24) is 5.32 Å². The van der Waals surface area contributed by atoms with Crippen molar-refractivity contribution in [2.45, 2.75) is 53.3 Å². The molecule has 0 aliphatic rings. The Kier molecular flexibility index (Phi) is 6.65. The Morgan fingerprint density at radius 3 is 2.21 bits per heavy atom. The number of nitrogens with one attached hydrogen (secondary N) is 1. The van der Waals surface area contributed by atoms with Crippen LogP contribution in [0.15, 0.2) is 28.0 Å². The van der Waals surface area contributed by atoms with Crippen LogP contribution in [0.4, 0.5) is 13.2 Å². The molecule has 110 valence electrons. The lowest BCUT2D eigenvalue weighted by molar-refractivity contribution is -0.0898. The van der Waals surface area contributed by atoms with E-state index in [1.165, 1.54) is 0 Å². The molecule has 0 aliphatic heterocycles. The van der Waals surface area contributed by atoms with Gasteiger partial charge in [0.2, 0.25) is 0 Å². The van der Waals surface area contributed by atoms with E-state index in [0.717, 1.165) is 6.20 Å². The largest absolute Gasteiger partial charge is 0.419 e. The van der Waals surface area contributed by atoms with E-state index < -0.39 is 11.7 Å². The first-order valence-corrected chi connectivity index (χ1v) is 6.13. The highest BCUT2D eigenvalue weighted by atomic mass is 19.4. The van der Waals surface area contributed by atoms with E-state index in [-0.39, 0.29) is 11.7 Å². The molecular weight excluding hydrogens is 255 g/mol. The van der Waals surface area contributed by atoms with E-state index in [2.05, 4.69) is 10.3 Å². The van der Waals surface area contributed by atoms with E-state index in [9.17, 15) is 13.2 Å². The van der Waals surface area contributed by atoms with Crippen molar-refractivity contribution < 1.29 is 13.2 Å². The van der Waals surface area contributed by atoms with Gasteiger partial charge in [-0.1, -0.05) is 6.92 Å². The summed E-state index contributed by atoms with van der Waals surface area (Å²) in [6.07, 6.45) is -3.15. The molecule has 0 amide bonds. The Morgan fingerprint density at radius 2 is 1.84 bits per heavy atom. The molecule has 0 heterocycles. The van der Waals surface area contributed by atoms with Gasteiger partial charge in [-0.15, -0.1) is 0 Å². The molecule has 19 heavy (non-hydrogen) atoms. The third-order valence-electron chi connectivity index (χ3n) is 2.46. The number of rotatable bonds is 4. The average Bonchev–Trinajstić information content (AvgIpc) is 2.24. The minimum absolute atomic E-state index is 0.0144. The van der Waals surface area contributed by atoms with Crippen molar-refractivity contribution in [3.05, 3.63) is 23.0 Å². The van der Waals surface area contributed by atoms with Crippen LogP contribution in [-0.4, -0.2) is 18.1 Å². The summed E-state index contributed by atoms with van der Waals surface area (Å²) in [6.45, 7) is 8.64. The Hall–Kier alpha value is -1.46. The Labute approximate surface area is 112 Å². The standard InChI is InChI=1S/C13H22F3N3/c1-6-9(4)12(17)11(13(14,15)16)7-18-10(5)19-8(2)3/h7-8H,6,17H2,1-5H3,(H,18,19)/b11-7+,12-9+. The number of hydrogen-bond donors (Lipinski definition) is 2. The summed E-state index contributed by atoms with van der Waals surface area (Å²) in [7, 11) is 0. The molecule has 0 atom stereocenters. The van der Waals surface area contributed by atoms with Gasteiger partial charge in [0, 0.05) is 17.9 Å². The van der Waals surface area contributed by atoms with Gasteiger partial charge in [-0.3, -0.25) is 4.99 Å². The van der Waals surface area contributed by atoms with E-state index >= 15 is 0 Å². The Bertz CT molecular complexity index is 390. The van der Waals surface area contributed by atoms with E-state index in [1.54, 1.807) is 20.8 Å². The second-order valence-electron chi connectivity index (χ2n) is 4.56. The van der Waals surface area contributed by atoms with Crippen LogP contribution in [-0.2, 0) is 0 Å². The maximum Gasteiger partial charge on any atom is 0.419 e. The molecule has 0 rings (SSSR count). The highest BCUT2D eigenvalue weighted by Gasteiger charge is 2.35. The molecule has 0 aromatic carbocycles. The monoisotopic (exact) mass is 277 g/mol. The highest BCUT2D eigenvalue weighted by Crippen LogP contribution is 2.30. The predicted molar refractivity (Wildman–Crippen MR) is 72.7 cm³/mol. The first kappa shape index (κ1) is 17.5. The van der Waals surface area contributed by atoms with Crippen molar-refractivity contribution in [3.8, 4) is 0 Å². The molecule has 0 saturated carbocycles. The van der Waals surface area contributed by atoms with Gasteiger partial charge in [0.15, 0.2) is 0 Å². The second-order valence-corrected chi connectivity index (χ2v) is 4.56. The number of nitrogens with two attached hydrogens (primary N) is 1. The van der Waals surface area contributed by atoms with Crippen LogP contribution in [0, 0.1) is 0 Å². The first-order valence-electron chi connectivity index (χ1n) is 6.13. The molecule has 0 saturated heterocycles. The summed E-state index contributed by atoms with van der Waals surface area (Å²) in [4.78, 5) is 4.09. The normalized spacial score (nSPS) is 15.6. The topological polar surface area (TPSA) is 50.4 Å². The van der Waals surface area contributed by atoms with Crippen LogP contribution < -0.4 is 11.1 Å². The summed E-state index contributed by atoms with van der Waals surface area (Å²) in [5.74, 6) is 0.415. The number of hydrogen-bond acceptors (Lipinski definition) is 2. The van der Waals surface area contributed by atoms with Crippen LogP contribution in [0.3, 0.4) is 0 Å². The molecule has 6 heteroatoms. The number of amidine groups is 1. The van der Waals surface area contributed by atoms with Crippen LogP contribution in [0.25, 0.3) is 0 Å². The number of allylic oxidation sites excluding steroid dienone is 2. The smallest absolute Gasteiger partial charge is 0.398 e. The number of halogens is 3. The minimum atomic E-state index is -4.49. The van der Waals surface area contributed by atoms with Crippen LogP contribution >= 0.6 is 0 Å². The molecule has 0 radical (unpaired) electrons. The average molecular weight is 277 g/mol. The lowest BCUT2D eigenvalue weighted by Crippen LogP contribution is -2.24. The Balaban J connectivity index is 5.32. The molecule has 0 fully saturated rings. The number of nitrogens with zero attached hydrogens (tertiary/aromatic N) is 1. The zero-order valence-electron chi connectivity index (χ0n) is 12.0. The summed E-state index contributed by atoms with van der Waals surface area (Å²) >= 11 is 0. The molecule has 0 aromatic heterocycles. The van der Waals surface area contributed by atoms with Gasteiger partial charge in [0.05, 0.1) is 11.4 Å². The van der Waals surface area contributed by atoms with E-state index in [1.807, 2.05) is 13.8 Å². The SMILES string of the molecule is CC/C(C)=C(N)\C(=C/NC(C)=NC(C)C)C(F)(F)F. The van der Waals surface area contributed by atoms with Crippen LogP contribution in [0.2, 0.25) is 0 Å². The number of alkyl halides is 3. The van der Waals surface area contributed by atoms with Crippen molar-refractivity contribution in [3.63, 3.8) is 0 Å². The van der Waals surface area contributed by atoms with Crippen LogP contribution in [0.1, 0.15) is 41.0 Å². The maximum absolute atomic E-state index is 12.9. The molecule has 3 nitrogen and oxygen atoms in total. The first-order chi connectivity index (χ1) is 8.59. The zero-order chi connectivity index (χ0) is 15.2. The number of aliphatic imine (C=N–C) groups is 1. The summed E-state index contributed by atoms with van der Waals surface area (Å²) < 4.78 is 38.8. The van der Waals surface area contributed by atoms with Crippen LogP contribution in [0.5, 0.6) is 0 Å². The quantitative estimate of drug-likeness (QED) is 0.469. The predicted octanol–water partition coefficient (Wildman–Crippen LogP) is 3.49. The van der Waals surface area contributed by atoms with Gasteiger partial charge in [-0.2, -0.15) is 13.2 Å². The van der Waals surface area contributed by atoms with Gasteiger partial charge in [-0.05, 0) is 39.7 Å². The minimum Gasteiger partial charge on any atom is -0.398 e. The molecule has 0 unspecified atom stereocenters. The highest BCUT2D eigenvalue weighted by molar-refractivity contribution is 5.80. The lowest BCUT2D eigenvalue weighted by Gasteiger charge is -2.15. The zero-order valence-corrected chi connectivity index (χ0v) is 12.0. The lowest BCUT2D eigenvalue weighted by atomic mass is 10.1. The molecular formula is C13H22F3N3.